The van der Waals surface area contributed by atoms with Gasteiger partial charge < -0.3 is 4.74 Å². The van der Waals surface area contributed by atoms with Crippen molar-refractivity contribution in [3.63, 3.8) is 0 Å². The number of rotatable bonds is 4. The molecule has 0 saturated carbocycles. The highest BCUT2D eigenvalue weighted by Gasteiger charge is 2.33. The Morgan fingerprint density at radius 3 is 2.06 bits per heavy atom. The number of carbonyl (C=O) groups is 1. The van der Waals surface area contributed by atoms with Crippen molar-refractivity contribution in [2.75, 3.05) is 0 Å². The first kappa shape index (κ1) is 16.0. The van der Waals surface area contributed by atoms with Gasteiger partial charge in [0.05, 0.1) is 5.41 Å². The quantitative estimate of drug-likeness (QED) is 0.550. The summed E-state index contributed by atoms with van der Waals surface area (Å²) in [7, 11) is 0. The van der Waals surface area contributed by atoms with Crippen LogP contribution >= 0.6 is 0 Å². The van der Waals surface area contributed by atoms with Gasteiger partial charge in [0.15, 0.2) is 5.60 Å². The zero-order chi connectivity index (χ0) is 13.7. The number of hydrogen-bond donors (Lipinski definition) is 0. The van der Waals surface area contributed by atoms with Crippen LogP contribution in [0.3, 0.4) is 0 Å². The maximum atomic E-state index is 12.0. The summed E-state index contributed by atoms with van der Waals surface area (Å²) in [5.41, 5.74) is -1.09. The predicted octanol–water partition coefficient (Wildman–Crippen LogP) is 3.79. The molecule has 0 amide bonds. The van der Waals surface area contributed by atoms with Crippen molar-refractivity contribution >= 4 is 5.97 Å². The smallest absolute Gasteiger partial charge is 0.313 e. The van der Waals surface area contributed by atoms with E-state index in [1.165, 1.54) is 0 Å². The lowest BCUT2D eigenvalue weighted by Crippen LogP contribution is -2.36. The van der Waals surface area contributed by atoms with Crippen LogP contribution in [0.4, 0.5) is 0 Å². The van der Waals surface area contributed by atoms with E-state index in [0.717, 1.165) is 6.42 Å². The fraction of sp³-hybridized carbons (Fsp3) is 0.800. The fourth-order valence-corrected chi connectivity index (χ4v) is 0.970. The number of esters is 1. The van der Waals surface area contributed by atoms with E-state index >= 15 is 0 Å². The normalized spacial score (nSPS) is 14.8. The summed E-state index contributed by atoms with van der Waals surface area (Å²) in [6.45, 7) is 13.7. The van der Waals surface area contributed by atoms with Crippen LogP contribution in [0.2, 0.25) is 0 Å². The standard InChI is InChI=1S/C15H26O2/c1-8-14(5,6)13(16)17-15(7,9-2)11-10-12(3)4/h12H,8-9H2,1-7H3. The Hall–Kier alpha value is -0.970. The second-order valence-corrected chi connectivity index (χ2v) is 5.64. The van der Waals surface area contributed by atoms with Gasteiger partial charge in [0.1, 0.15) is 0 Å². The molecule has 0 spiro atoms. The van der Waals surface area contributed by atoms with Crippen LogP contribution in [0.25, 0.3) is 0 Å². The summed E-state index contributed by atoms with van der Waals surface area (Å²) in [6.07, 6.45) is 1.47. The molecular formula is C15H26O2. The third-order valence-electron chi connectivity index (χ3n) is 3.05. The molecule has 0 bridgehead atoms. The van der Waals surface area contributed by atoms with Gasteiger partial charge in [-0.1, -0.05) is 39.5 Å². The Morgan fingerprint density at radius 2 is 1.71 bits per heavy atom. The summed E-state index contributed by atoms with van der Waals surface area (Å²) < 4.78 is 5.58. The van der Waals surface area contributed by atoms with Crippen LogP contribution in [-0.4, -0.2) is 11.6 Å². The minimum absolute atomic E-state index is 0.164. The van der Waals surface area contributed by atoms with Gasteiger partial charge in [-0.05, 0) is 33.6 Å². The largest absolute Gasteiger partial charge is 0.446 e. The molecule has 2 heteroatoms. The summed E-state index contributed by atoms with van der Waals surface area (Å²) in [5.74, 6) is 6.29. The maximum absolute atomic E-state index is 12.0. The highest BCUT2D eigenvalue weighted by atomic mass is 16.6. The van der Waals surface area contributed by atoms with Crippen molar-refractivity contribution in [2.45, 2.75) is 66.9 Å². The minimum Gasteiger partial charge on any atom is -0.446 e. The summed E-state index contributed by atoms with van der Waals surface area (Å²) in [6, 6.07) is 0. The van der Waals surface area contributed by atoms with E-state index < -0.39 is 11.0 Å². The lowest BCUT2D eigenvalue weighted by atomic mass is 9.90. The highest BCUT2D eigenvalue weighted by molar-refractivity contribution is 5.76. The van der Waals surface area contributed by atoms with Crippen molar-refractivity contribution in [3.05, 3.63) is 0 Å². The first-order valence-electron chi connectivity index (χ1n) is 6.43. The van der Waals surface area contributed by atoms with Crippen molar-refractivity contribution in [1.82, 2.24) is 0 Å². The van der Waals surface area contributed by atoms with E-state index in [-0.39, 0.29) is 5.97 Å². The first-order chi connectivity index (χ1) is 7.67. The molecule has 0 aromatic heterocycles. The number of ether oxygens (including phenoxy) is 1. The van der Waals surface area contributed by atoms with Gasteiger partial charge in [-0.25, -0.2) is 0 Å². The van der Waals surface area contributed by atoms with E-state index in [4.69, 9.17) is 4.74 Å². The molecule has 0 saturated heterocycles. The molecule has 1 unspecified atom stereocenters. The van der Waals surface area contributed by atoms with Crippen molar-refractivity contribution in [2.24, 2.45) is 11.3 Å². The van der Waals surface area contributed by atoms with Gasteiger partial charge in [0, 0.05) is 5.92 Å². The molecule has 1 atom stereocenters. The van der Waals surface area contributed by atoms with Crippen LogP contribution in [-0.2, 0) is 9.53 Å². The van der Waals surface area contributed by atoms with Gasteiger partial charge in [0.2, 0.25) is 0 Å². The Bertz CT molecular complexity index is 318. The van der Waals surface area contributed by atoms with Crippen molar-refractivity contribution < 1.29 is 9.53 Å². The van der Waals surface area contributed by atoms with Crippen LogP contribution in [0.5, 0.6) is 0 Å². The SMILES string of the molecule is CCC(C)(C#CC(C)C)OC(=O)C(C)(C)CC. The molecule has 2 nitrogen and oxygen atoms in total. The van der Waals surface area contributed by atoms with Crippen molar-refractivity contribution in [3.8, 4) is 11.8 Å². The molecule has 0 N–H and O–H groups in total. The summed E-state index contributed by atoms with van der Waals surface area (Å²) in [4.78, 5) is 12.0. The second-order valence-electron chi connectivity index (χ2n) is 5.64. The number of hydrogen-bond acceptors (Lipinski definition) is 2. The number of carbonyl (C=O) groups excluding carboxylic acids is 1. The highest BCUT2D eigenvalue weighted by Crippen LogP contribution is 2.26. The van der Waals surface area contributed by atoms with Gasteiger partial charge in [-0.3, -0.25) is 4.79 Å². The van der Waals surface area contributed by atoms with Gasteiger partial charge >= 0.3 is 5.97 Å². The Balaban J connectivity index is 4.84. The molecule has 0 aliphatic carbocycles. The molecule has 0 rings (SSSR count). The molecule has 0 aliphatic heterocycles. The molecule has 0 aliphatic rings. The third kappa shape index (κ3) is 5.26. The van der Waals surface area contributed by atoms with Crippen molar-refractivity contribution in [1.29, 1.82) is 0 Å². The first-order valence-corrected chi connectivity index (χ1v) is 6.43. The summed E-state index contributed by atoms with van der Waals surface area (Å²) >= 11 is 0. The lowest BCUT2D eigenvalue weighted by Gasteiger charge is -2.28. The van der Waals surface area contributed by atoms with Gasteiger partial charge in [-0.15, -0.1) is 0 Å². The molecule has 0 radical (unpaired) electrons. The molecular weight excluding hydrogens is 212 g/mol. The molecule has 0 aromatic rings. The Kier molecular flexibility index (Phi) is 5.75. The monoisotopic (exact) mass is 238 g/mol. The molecule has 0 fully saturated rings. The second kappa shape index (κ2) is 6.10. The van der Waals surface area contributed by atoms with E-state index in [9.17, 15) is 4.79 Å². The third-order valence-corrected chi connectivity index (χ3v) is 3.05. The van der Waals surface area contributed by atoms with Crippen LogP contribution < -0.4 is 0 Å². The van der Waals surface area contributed by atoms with E-state index in [1.807, 2.05) is 48.5 Å². The minimum atomic E-state index is -0.659. The van der Waals surface area contributed by atoms with Gasteiger partial charge in [-0.2, -0.15) is 0 Å². The predicted molar refractivity (Wildman–Crippen MR) is 71.5 cm³/mol. The Morgan fingerprint density at radius 1 is 1.18 bits per heavy atom. The van der Waals surface area contributed by atoms with Crippen LogP contribution in [0, 0.1) is 23.2 Å². The maximum Gasteiger partial charge on any atom is 0.313 e. The zero-order valence-corrected chi connectivity index (χ0v) is 12.3. The fourth-order valence-electron chi connectivity index (χ4n) is 0.970. The van der Waals surface area contributed by atoms with Crippen LogP contribution in [0.1, 0.15) is 61.3 Å². The average molecular weight is 238 g/mol. The Labute approximate surface area is 106 Å². The average Bonchev–Trinajstić information content (AvgIpc) is 2.26. The molecule has 0 aromatic carbocycles. The lowest BCUT2D eigenvalue weighted by molar-refractivity contribution is -0.164. The van der Waals surface area contributed by atoms with Gasteiger partial charge in [0.25, 0.3) is 0 Å². The van der Waals surface area contributed by atoms with E-state index in [0.29, 0.717) is 12.3 Å². The van der Waals surface area contributed by atoms with E-state index in [2.05, 4.69) is 11.8 Å². The summed E-state index contributed by atoms with van der Waals surface area (Å²) in [5, 5.41) is 0. The van der Waals surface area contributed by atoms with Crippen LogP contribution in [0.15, 0.2) is 0 Å². The topological polar surface area (TPSA) is 26.3 Å². The van der Waals surface area contributed by atoms with E-state index in [1.54, 1.807) is 0 Å². The molecule has 0 heterocycles. The molecule has 17 heavy (non-hydrogen) atoms. The molecule has 98 valence electrons. The zero-order valence-electron chi connectivity index (χ0n) is 12.3.